The summed E-state index contributed by atoms with van der Waals surface area (Å²) in [6, 6.07) is 17.0. The van der Waals surface area contributed by atoms with Gasteiger partial charge in [0.1, 0.15) is 0 Å². The van der Waals surface area contributed by atoms with Crippen LogP contribution in [0.3, 0.4) is 0 Å². The van der Waals surface area contributed by atoms with Gasteiger partial charge in [-0.3, -0.25) is 0 Å². The molecule has 0 aliphatic heterocycles. The van der Waals surface area contributed by atoms with Crippen LogP contribution in [-0.2, 0) is 0 Å². The number of fused-ring (bicyclic) bond motifs is 1. The molecule has 3 aromatic rings. The van der Waals surface area contributed by atoms with Crippen molar-refractivity contribution in [1.29, 1.82) is 0 Å². The average molecular weight is 372 g/mol. The van der Waals surface area contributed by atoms with Gasteiger partial charge >= 0.3 is 5.63 Å². The molecular formula is C17H9IO2. The van der Waals surface area contributed by atoms with Crippen LogP contribution in [0.15, 0.2) is 63.8 Å². The number of rotatable bonds is 0. The first kappa shape index (κ1) is 12.9. The Morgan fingerprint density at radius 3 is 2.25 bits per heavy atom. The van der Waals surface area contributed by atoms with Crippen molar-refractivity contribution in [3.63, 3.8) is 0 Å². The molecule has 0 N–H and O–H groups in total. The maximum atomic E-state index is 11.9. The topological polar surface area (TPSA) is 30.2 Å². The lowest BCUT2D eigenvalue weighted by Gasteiger charge is -2.00. The van der Waals surface area contributed by atoms with Gasteiger partial charge in [0.05, 0.1) is 8.96 Å². The summed E-state index contributed by atoms with van der Waals surface area (Å²) >= 11 is 2.16. The molecule has 0 saturated heterocycles. The third-order valence-electron chi connectivity index (χ3n) is 2.87. The van der Waals surface area contributed by atoms with Gasteiger partial charge in [0, 0.05) is 10.9 Å². The summed E-state index contributed by atoms with van der Waals surface area (Å²) in [5.74, 6) is 6.36. The molecule has 0 unspecified atom stereocenters. The van der Waals surface area contributed by atoms with Gasteiger partial charge in [0.25, 0.3) is 0 Å². The van der Waals surface area contributed by atoms with Crippen molar-refractivity contribution in [2.45, 2.75) is 0 Å². The molecule has 0 amide bonds. The van der Waals surface area contributed by atoms with Crippen molar-refractivity contribution in [1.82, 2.24) is 0 Å². The summed E-state index contributed by atoms with van der Waals surface area (Å²) in [6.45, 7) is 0. The highest BCUT2D eigenvalue weighted by Crippen LogP contribution is 2.20. The van der Waals surface area contributed by atoms with E-state index >= 15 is 0 Å². The Kier molecular flexibility index (Phi) is 3.57. The van der Waals surface area contributed by atoms with Crippen LogP contribution in [0.5, 0.6) is 0 Å². The highest BCUT2D eigenvalue weighted by Gasteiger charge is 2.08. The average Bonchev–Trinajstić information content (AvgIpc) is 2.50. The Morgan fingerprint density at radius 2 is 1.50 bits per heavy atom. The van der Waals surface area contributed by atoms with Crippen LogP contribution in [0.4, 0.5) is 0 Å². The molecule has 3 rings (SSSR count). The molecular weight excluding hydrogens is 363 g/mol. The van der Waals surface area contributed by atoms with Crippen molar-refractivity contribution in [2.24, 2.45) is 0 Å². The van der Waals surface area contributed by atoms with Crippen LogP contribution in [0, 0.1) is 15.4 Å². The van der Waals surface area contributed by atoms with Gasteiger partial charge in [0.2, 0.25) is 0 Å². The van der Waals surface area contributed by atoms with Crippen LogP contribution in [0.25, 0.3) is 10.8 Å². The van der Waals surface area contributed by atoms with Crippen LogP contribution < -0.4 is 5.63 Å². The van der Waals surface area contributed by atoms with Gasteiger partial charge in [-0.25, -0.2) is 4.79 Å². The Morgan fingerprint density at radius 1 is 0.850 bits per heavy atom. The summed E-state index contributed by atoms with van der Waals surface area (Å²) in [5, 5.41) is 1.46. The standard InChI is InChI=1S/C17H9IO2/c18-16-13-8-4-5-9-14(13)17(19)20-15(16)11-10-12-6-2-1-3-7-12/h1-9H. The van der Waals surface area contributed by atoms with Gasteiger partial charge in [-0.1, -0.05) is 42.3 Å². The second kappa shape index (κ2) is 5.51. The Balaban J connectivity index is 2.17. The Bertz CT molecular complexity index is 883. The fourth-order valence-electron chi connectivity index (χ4n) is 1.90. The van der Waals surface area contributed by atoms with Gasteiger partial charge in [-0.05, 0) is 46.7 Å². The van der Waals surface area contributed by atoms with Crippen molar-refractivity contribution < 1.29 is 4.42 Å². The first-order valence-corrected chi connectivity index (χ1v) is 7.12. The largest absolute Gasteiger partial charge is 0.412 e. The van der Waals surface area contributed by atoms with E-state index in [1.165, 1.54) is 0 Å². The molecule has 0 fully saturated rings. The van der Waals surface area contributed by atoms with E-state index in [1.807, 2.05) is 48.5 Å². The van der Waals surface area contributed by atoms with E-state index in [-0.39, 0.29) is 5.63 Å². The summed E-state index contributed by atoms with van der Waals surface area (Å²) < 4.78 is 6.17. The van der Waals surface area contributed by atoms with E-state index < -0.39 is 0 Å². The molecule has 2 aromatic carbocycles. The molecule has 96 valence electrons. The molecule has 1 aromatic heterocycles. The van der Waals surface area contributed by atoms with Crippen LogP contribution >= 0.6 is 22.6 Å². The maximum Gasteiger partial charge on any atom is 0.344 e. The highest BCUT2D eigenvalue weighted by molar-refractivity contribution is 14.1. The fraction of sp³-hybridized carbons (Fsp3) is 0. The molecule has 0 bridgehead atoms. The van der Waals surface area contributed by atoms with E-state index in [0.29, 0.717) is 11.1 Å². The van der Waals surface area contributed by atoms with Gasteiger partial charge in [-0.15, -0.1) is 0 Å². The van der Waals surface area contributed by atoms with Gasteiger partial charge in [-0.2, -0.15) is 0 Å². The zero-order chi connectivity index (χ0) is 13.9. The summed E-state index contributed by atoms with van der Waals surface area (Å²) in [7, 11) is 0. The van der Waals surface area contributed by atoms with E-state index in [4.69, 9.17) is 4.42 Å². The number of benzene rings is 2. The lowest BCUT2D eigenvalue weighted by Crippen LogP contribution is -2.03. The summed E-state index contributed by atoms with van der Waals surface area (Å²) in [6.07, 6.45) is 0. The Hall–Kier alpha value is -2.06. The molecule has 0 radical (unpaired) electrons. The van der Waals surface area contributed by atoms with Gasteiger partial charge < -0.3 is 4.42 Å². The van der Waals surface area contributed by atoms with E-state index in [1.54, 1.807) is 6.07 Å². The minimum absolute atomic E-state index is 0.349. The normalized spacial score (nSPS) is 10.1. The van der Waals surface area contributed by atoms with E-state index in [9.17, 15) is 4.79 Å². The monoisotopic (exact) mass is 372 g/mol. The SMILES string of the molecule is O=c1oc(C#Cc2ccccc2)c(I)c2ccccc12. The predicted molar refractivity (Wildman–Crippen MR) is 87.6 cm³/mol. The smallest absolute Gasteiger partial charge is 0.344 e. The second-order valence-corrected chi connectivity index (χ2v) is 5.27. The van der Waals surface area contributed by atoms with Crippen molar-refractivity contribution >= 4 is 33.4 Å². The number of hydrogen-bond acceptors (Lipinski definition) is 2. The van der Waals surface area contributed by atoms with E-state index in [0.717, 1.165) is 14.5 Å². The molecule has 1 heterocycles. The lowest BCUT2D eigenvalue weighted by molar-refractivity contribution is 0.504. The maximum absolute atomic E-state index is 11.9. The van der Waals surface area contributed by atoms with Crippen LogP contribution in [0.2, 0.25) is 0 Å². The quantitative estimate of drug-likeness (QED) is 0.444. The number of halogens is 1. The predicted octanol–water partition coefficient (Wildman–Crippen LogP) is 3.80. The van der Waals surface area contributed by atoms with Crippen molar-refractivity contribution in [3.05, 3.63) is 79.9 Å². The second-order valence-electron chi connectivity index (χ2n) is 4.19. The minimum atomic E-state index is -0.349. The molecule has 0 atom stereocenters. The molecule has 0 saturated carbocycles. The third kappa shape index (κ3) is 2.47. The first-order chi connectivity index (χ1) is 9.75. The van der Waals surface area contributed by atoms with Gasteiger partial charge in [0.15, 0.2) is 5.76 Å². The molecule has 0 aliphatic carbocycles. The zero-order valence-electron chi connectivity index (χ0n) is 10.4. The van der Waals surface area contributed by atoms with Crippen LogP contribution in [-0.4, -0.2) is 0 Å². The first-order valence-electron chi connectivity index (χ1n) is 6.04. The van der Waals surface area contributed by atoms with E-state index in [2.05, 4.69) is 34.4 Å². The van der Waals surface area contributed by atoms with Crippen molar-refractivity contribution in [3.8, 4) is 11.8 Å². The molecule has 0 aliphatic rings. The summed E-state index contributed by atoms with van der Waals surface area (Å²) in [5.41, 5.74) is 0.539. The zero-order valence-corrected chi connectivity index (χ0v) is 12.5. The molecule has 0 spiro atoms. The third-order valence-corrected chi connectivity index (χ3v) is 3.94. The number of hydrogen-bond donors (Lipinski definition) is 0. The molecule has 20 heavy (non-hydrogen) atoms. The van der Waals surface area contributed by atoms with Crippen LogP contribution in [0.1, 0.15) is 11.3 Å². The lowest BCUT2D eigenvalue weighted by atomic mass is 10.1. The summed E-state index contributed by atoms with van der Waals surface area (Å²) in [4.78, 5) is 11.9. The molecule has 3 heteroatoms. The fourth-order valence-corrected chi connectivity index (χ4v) is 2.61. The van der Waals surface area contributed by atoms with Crippen molar-refractivity contribution in [2.75, 3.05) is 0 Å². The molecule has 2 nitrogen and oxygen atoms in total. The Labute approximate surface area is 129 Å². The minimum Gasteiger partial charge on any atom is -0.412 e. The highest BCUT2D eigenvalue weighted by atomic mass is 127.